The molecule has 2 atom stereocenters. The van der Waals surface area contributed by atoms with E-state index in [2.05, 4.69) is 9.97 Å². The molecule has 0 aromatic carbocycles. The lowest BCUT2D eigenvalue weighted by Crippen LogP contribution is -2.51. The van der Waals surface area contributed by atoms with E-state index in [1.807, 2.05) is 6.92 Å². The van der Waals surface area contributed by atoms with E-state index in [4.69, 9.17) is 10.5 Å². The average Bonchev–Trinajstić information content (AvgIpc) is 2.92. The van der Waals surface area contributed by atoms with Crippen molar-refractivity contribution in [3.8, 4) is 0 Å². The maximum Gasteiger partial charge on any atom is 0.245 e. The number of rotatable bonds is 3. The molecule has 8 heteroatoms. The normalized spacial score (nSPS) is 22.5. The van der Waals surface area contributed by atoms with E-state index in [9.17, 15) is 8.42 Å². The van der Waals surface area contributed by atoms with Crippen LogP contribution in [0.15, 0.2) is 29.4 Å². The number of hydrogen-bond donors (Lipinski definition) is 2. The molecule has 3 heterocycles. The van der Waals surface area contributed by atoms with E-state index in [-0.39, 0.29) is 23.6 Å². The Morgan fingerprint density at radius 3 is 3.14 bits per heavy atom. The number of aromatic amines is 1. The van der Waals surface area contributed by atoms with Crippen LogP contribution in [-0.2, 0) is 14.8 Å². The topological polar surface area (TPSA) is 101 Å². The van der Waals surface area contributed by atoms with Crippen LogP contribution in [0.5, 0.6) is 0 Å². The number of fused-ring (bicyclic) bond motifs is 1. The second-order valence-electron chi connectivity index (χ2n) is 5.18. The van der Waals surface area contributed by atoms with Crippen LogP contribution in [0.3, 0.4) is 0 Å². The molecule has 2 aromatic rings. The standard InChI is InChI=1S/C13H18N4O3S/c1-9(14)11-8-17(5-6-20-11)21(18,19)12-7-16-13-10(12)3-2-4-15-13/h2-4,7,9,11H,5-6,8,14H2,1H3,(H,15,16). The summed E-state index contributed by atoms with van der Waals surface area (Å²) >= 11 is 0. The van der Waals surface area contributed by atoms with Gasteiger partial charge in [0, 0.05) is 36.9 Å². The van der Waals surface area contributed by atoms with Crippen molar-refractivity contribution >= 4 is 21.1 Å². The fourth-order valence-corrected chi connectivity index (χ4v) is 4.06. The summed E-state index contributed by atoms with van der Waals surface area (Å²) in [6.45, 7) is 2.77. The molecular formula is C13H18N4O3S. The lowest BCUT2D eigenvalue weighted by molar-refractivity contribution is -0.0119. The van der Waals surface area contributed by atoms with Gasteiger partial charge in [-0.3, -0.25) is 0 Å². The lowest BCUT2D eigenvalue weighted by atomic mass is 10.2. The van der Waals surface area contributed by atoms with Crippen LogP contribution in [0.25, 0.3) is 11.0 Å². The van der Waals surface area contributed by atoms with E-state index in [0.29, 0.717) is 24.2 Å². The molecule has 0 radical (unpaired) electrons. The number of sulfonamides is 1. The molecule has 1 saturated heterocycles. The van der Waals surface area contributed by atoms with Crippen LogP contribution in [-0.4, -0.2) is 54.5 Å². The molecule has 1 aliphatic rings. The zero-order valence-corrected chi connectivity index (χ0v) is 12.5. The first-order chi connectivity index (χ1) is 10.00. The molecule has 0 amide bonds. The van der Waals surface area contributed by atoms with Crippen molar-refractivity contribution in [2.24, 2.45) is 5.73 Å². The molecular weight excluding hydrogens is 292 g/mol. The Bertz CT molecular complexity index is 741. The summed E-state index contributed by atoms with van der Waals surface area (Å²) in [7, 11) is -3.59. The van der Waals surface area contributed by atoms with Crippen LogP contribution in [0.2, 0.25) is 0 Å². The van der Waals surface area contributed by atoms with Gasteiger partial charge in [-0.25, -0.2) is 13.4 Å². The summed E-state index contributed by atoms with van der Waals surface area (Å²) in [5.41, 5.74) is 6.38. The zero-order valence-electron chi connectivity index (χ0n) is 11.7. The maximum absolute atomic E-state index is 12.8. The monoisotopic (exact) mass is 310 g/mol. The minimum absolute atomic E-state index is 0.215. The summed E-state index contributed by atoms with van der Waals surface area (Å²) in [4.78, 5) is 7.26. The van der Waals surface area contributed by atoms with E-state index in [0.717, 1.165) is 0 Å². The summed E-state index contributed by atoms with van der Waals surface area (Å²) in [6.07, 6.45) is 2.83. The van der Waals surface area contributed by atoms with E-state index < -0.39 is 10.0 Å². The van der Waals surface area contributed by atoms with Gasteiger partial charge in [-0.05, 0) is 19.1 Å². The molecule has 0 aliphatic carbocycles. The minimum Gasteiger partial charge on any atom is -0.374 e. The number of nitrogens with one attached hydrogen (secondary N) is 1. The third-order valence-electron chi connectivity index (χ3n) is 3.67. The third kappa shape index (κ3) is 2.55. The Morgan fingerprint density at radius 1 is 1.57 bits per heavy atom. The average molecular weight is 310 g/mol. The number of hydrogen-bond acceptors (Lipinski definition) is 5. The first-order valence-electron chi connectivity index (χ1n) is 6.79. The second-order valence-corrected chi connectivity index (χ2v) is 7.09. The Hall–Kier alpha value is -1.48. The minimum atomic E-state index is -3.59. The van der Waals surface area contributed by atoms with E-state index in [1.165, 1.54) is 10.5 Å². The number of nitrogens with two attached hydrogens (primary N) is 1. The number of nitrogens with zero attached hydrogens (tertiary/aromatic N) is 2. The van der Waals surface area contributed by atoms with Crippen LogP contribution in [0.4, 0.5) is 0 Å². The van der Waals surface area contributed by atoms with Crippen molar-refractivity contribution in [1.82, 2.24) is 14.3 Å². The predicted molar refractivity (Wildman–Crippen MR) is 78.2 cm³/mol. The number of aromatic nitrogens is 2. The molecule has 0 spiro atoms. The number of ether oxygens (including phenoxy) is 1. The SMILES string of the molecule is CC(N)C1CN(S(=O)(=O)c2c[nH]c3ncccc23)CCO1. The largest absolute Gasteiger partial charge is 0.374 e. The molecule has 2 unspecified atom stereocenters. The van der Waals surface area contributed by atoms with E-state index >= 15 is 0 Å². The van der Waals surface area contributed by atoms with Gasteiger partial charge in [0.05, 0.1) is 12.7 Å². The number of H-pyrrole nitrogens is 1. The van der Waals surface area contributed by atoms with E-state index in [1.54, 1.807) is 18.3 Å². The van der Waals surface area contributed by atoms with Crippen LogP contribution >= 0.6 is 0 Å². The molecule has 114 valence electrons. The molecule has 7 nitrogen and oxygen atoms in total. The van der Waals surface area contributed by atoms with Gasteiger partial charge in [0.1, 0.15) is 10.5 Å². The van der Waals surface area contributed by atoms with Gasteiger partial charge in [-0.1, -0.05) is 0 Å². The Balaban J connectivity index is 1.96. The van der Waals surface area contributed by atoms with Crippen molar-refractivity contribution in [3.05, 3.63) is 24.5 Å². The third-order valence-corrected chi connectivity index (χ3v) is 5.58. The predicted octanol–water partition coefficient (Wildman–Crippen LogP) is 0.300. The summed E-state index contributed by atoms with van der Waals surface area (Å²) in [5, 5.41) is 0.598. The molecule has 0 saturated carbocycles. The Morgan fingerprint density at radius 2 is 2.38 bits per heavy atom. The van der Waals surface area contributed by atoms with Gasteiger partial charge in [0.2, 0.25) is 10.0 Å². The van der Waals surface area contributed by atoms with Crippen molar-refractivity contribution < 1.29 is 13.2 Å². The van der Waals surface area contributed by atoms with Gasteiger partial charge in [0.25, 0.3) is 0 Å². The number of pyridine rings is 1. The van der Waals surface area contributed by atoms with Gasteiger partial charge in [0.15, 0.2) is 0 Å². The zero-order chi connectivity index (χ0) is 15.0. The van der Waals surface area contributed by atoms with Crippen LogP contribution in [0.1, 0.15) is 6.92 Å². The van der Waals surface area contributed by atoms with Crippen LogP contribution < -0.4 is 5.73 Å². The maximum atomic E-state index is 12.8. The second kappa shape index (κ2) is 5.38. The van der Waals surface area contributed by atoms with Gasteiger partial charge in [-0.15, -0.1) is 0 Å². The smallest absolute Gasteiger partial charge is 0.245 e. The van der Waals surface area contributed by atoms with Crippen molar-refractivity contribution in [2.45, 2.75) is 24.0 Å². The molecule has 1 aliphatic heterocycles. The Labute approximate surface area is 123 Å². The summed E-state index contributed by atoms with van der Waals surface area (Å²) in [5.74, 6) is 0. The quantitative estimate of drug-likeness (QED) is 0.849. The van der Waals surface area contributed by atoms with Crippen molar-refractivity contribution in [2.75, 3.05) is 19.7 Å². The molecule has 0 bridgehead atoms. The first kappa shape index (κ1) is 14.5. The fourth-order valence-electron chi connectivity index (χ4n) is 2.47. The Kier molecular flexibility index (Phi) is 3.70. The molecule has 2 aromatic heterocycles. The molecule has 1 fully saturated rings. The highest BCUT2D eigenvalue weighted by Gasteiger charge is 2.33. The summed E-state index contributed by atoms with van der Waals surface area (Å²) in [6, 6.07) is 3.25. The molecule has 3 N–H and O–H groups in total. The molecule has 3 rings (SSSR count). The van der Waals surface area contributed by atoms with Gasteiger partial charge >= 0.3 is 0 Å². The first-order valence-corrected chi connectivity index (χ1v) is 8.23. The van der Waals surface area contributed by atoms with Crippen molar-refractivity contribution in [1.29, 1.82) is 0 Å². The van der Waals surface area contributed by atoms with Crippen molar-refractivity contribution in [3.63, 3.8) is 0 Å². The highest BCUT2D eigenvalue weighted by Crippen LogP contribution is 2.25. The fraction of sp³-hybridized carbons (Fsp3) is 0.462. The highest BCUT2D eigenvalue weighted by molar-refractivity contribution is 7.89. The molecule has 21 heavy (non-hydrogen) atoms. The lowest BCUT2D eigenvalue weighted by Gasteiger charge is -2.33. The summed E-state index contributed by atoms with van der Waals surface area (Å²) < 4.78 is 32.6. The van der Waals surface area contributed by atoms with Crippen LogP contribution in [0, 0.1) is 0 Å². The highest BCUT2D eigenvalue weighted by atomic mass is 32.2. The van der Waals surface area contributed by atoms with Gasteiger partial charge < -0.3 is 15.5 Å². The van der Waals surface area contributed by atoms with Gasteiger partial charge in [-0.2, -0.15) is 4.31 Å². The number of morpholine rings is 1.